The lowest BCUT2D eigenvalue weighted by molar-refractivity contribution is 0.0831. The molecule has 2 heterocycles. The van der Waals surface area contributed by atoms with Gasteiger partial charge in [0.05, 0.1) is 12.5 Å². The maximum Gasteiger partial charge on any atom is 0.0950 e. The summed E-state index contributed by atoms with van der Waals surface area (Å²) in [5, 5.41) is 0. The summed E-state index contributed by atoms with van der Waals surface area (Å²) in [6.07, 6.45) is 6.09. The number of piperidine rings is 1. The number of hydrogen-bond acceptors (Lipinski definition) is 3. The van der Waals surface area contributed by atoms with E-state index in [9.17, 15) is 0 Å². The topological polar surface area (TPSA) is 42.4 Å². The average molecular weight is 222 g/mol. The fourth-order valence-corrected chi connectivity index (χ4v) is 2.72. The quantitative estimate of drug-likeness (QED) is 0.854. The van der Waals surface area contributed by atoms with E-state index in [0.717, 1.165) is 19.0 Å². The Hall–Kier alpha value is -0.800. The second-order valence-electron chi connectivity index (χ2n) is 4.99. The van der Waals surface area contributed by atoms with Crippen LogP contribution in [0.2, 0.25) is 0 Å². The van der Waals surface area contributed by atoms with Gasteiger partial charge in [-0.15, -0.1) is 0 Å². The Morgan fingerprint density at radius 3 is 3.06 bits per heavy atom. The third kappa shape index (κ3) is 2.30. The molecule has 0 aromatic carbocycles. The fraction of sp³-hybridized carbons (Fsp3) is 0.692. The molecule has 2 rings (SSSR count). The van der Waals surface area contributed by atoms with Gasteiger partial charge in [-0.25, -0.2) is 0 Å². The number of nitrogens with zero attached hydrogens (tertiary/aromatic N) is 1. The molecule has 3 unspecified atom stereocenters. The first-order valence-electron chi connectivity index (χ1n) is 6.20. The molecule has 16 heavy (non-hydrogen) atoms. The van der Waals surface area contributed by atoms with Crippen molar-refractivity contribution in [2.75, 3.05) is 13.1 Å². The van der Waals surface area contributed by atoms with E-state index in [1.165, 1.54) is 18.4 Å². The Morgan fingerprint density at radius 1 is 1.62 bits per heavy atom. The molecule has 0 bridgehead atoms. The molecule has 0 radical (unpaired) electrons. The van der Waals surface area contributed by atoms with E-state index in [2.05, 4.69) is 24.8 Å². The van der Waals surface area contributed by atoms with E-state index in [-0.39, 0.29) is 0 Å². The Labute approximate surface area is 97.6 Å². The van der Waals surface area contributed by atoms with Crippen LogP contribution in [-0.2, 0) is 0 Å². The molecule has 0 aliphatic carbocycles. The smallest absolute Gasteiger partial charge is 0.0950 e. The highest BCUT2D eigenvalue weighted by Crippen LogP contribution is 2.30. The summed E-state index contributed by atoms with van der Waals surface area (Å²) in [5.41, 5.74) is 7.14. The van der Waals surface area contributed by atoms with Gasteiger partial charge in [0.1, 0.15) is 0 Å². The van der Waals surface area contributed by atoms with Crippen LogP contribution in [0, 0.1) is 5.92 Å². The first-order valence-corrected chi connectivity index (χ1v) is 6.20. The molecule has 1 aliphatic heterocycles. The Balaban J connectivity index is 2.07. The van der Waals surface area contributed by atoms with Crippen molar-refractivity contribution in [2.24, 2.45) is 11.7 Å². The van der Waals surface area contributed by atoms with Gasteiger partial charge in [0, 0.05) is 24.2 Å². The van der Waals surface area contributed by atoms with Crippen molar-refractivity contribution in [1.29, 1.82) is 0 Å². The van der Waals surface area contributed by atoms with Crippen LogP contribution in [-0.4, -0.2) is 24.0 Å². The molecule has 1 saturated heterocycles. The van der Waals surface area contributed by atoms with E-state index in [1.807, 2.05) is 6.26 Å². The van der Waals surface area contributed by atoms with Crippen molar-refractivity contribution in [3.05, 3.63) is 24.2 Å². The summed E-state index contributed by atoms with van der Waals surface area (Å²) >= 11 is 0. The predicted molar refractivity (Wildman–Crippen MR) is 65.1 cm³/mol. The largest absolute Gasteiger partial charge is 0.472 e. The minimum atomic E-state index is 0.416. The number of nitrogens with two attached hydrogens (primary N) is 1. The molecule has 3 nitrogen and oxygen atoms in total. The van der Waals surface area contributed by atoms with E-state index in [4.69, 9.17) is 10.2 Å². The van der Waals surface area contributed by atoms with E-state index in [1.54, 1.807) is 6.26 Å². The molecule has 0 amide bonds. The van der Waals surface area contributed by atoms with Crippen LogP contribution < -0.4 is 5.73 Å². The van der Waals surface area contributed by atoms with Crippen LogP contribution >= 0.6 is 0 Å². The van der Waals surface area contributed by atoms with E-state index in [0.29, 0.717) is 12.1 Å². The van der Waals surface area contributed by atoms with Gasteiger partial charge >= 0.3 is 0 Å². The van der Waals surface area contributed by atoms with Gasteiger partial charge in [-0.2, -0.15) is 0 Å². The van der Waals surface area contributed by atoms with Gasteiger partial charge in [-0.05, 0) is 38.3 Å². The highest BCUT2D eigenvalue weighted by molar-refractivity contribution is 5.11. The van der Waals surface area contributed by atoms with Gasteiger partial charge in [0.2, 0.25) is 0 Å². The summed E-state index contributed by atoms with van der Waals surface area (Å²) in [6.45, 7) is 6.47. The maximum atomic E-state index is 5.88. The average Bonchev–Trinajstić information content (AvgIpc) is 2.81. The second-order valence-corrected chi connectivity index (χ2v) is 4.99. The molecule has 1 fully saturated rings. The van der Waals surface area contributed by atoms with E-state index < -0.39 is 0 Å². The number of rotatable bonds is 3. The molecular weight excluding hydrogens is 200 g/mol. The van der Waals surface area contributed by atoms with Crippen LogP contribution in [0.15, 0.2) is 23.0 Å². The Bertz CT molecular complexity index is 310. The zero-order valence-electron chi connectivity index (χ0n) is 10.2. The fourth-order valence-electron chi connectivity index (χ4n) is 2.72. The van der Waals surface area contributed by atoms with Crippen LogP contribution in [0.1, 0.15) is 38.3 Å². The van der Waals surface area contributed by atoms with Crippen LogP contribution in [0.3, 0.4) is 0 Å². The van der Waals surface area contributed by atoms with Gasteiger partial charge in [-0.3, -0.25) is 4.90 Å². The molecule has 1 aromatic heterocycles. The standard InChI is InChI=1S/C13H22N2O/c1-10-3-5-15(13(7-10)8-14)11(2)12-4-6-16-9-12/h4,6,9-11,13H,3,5,7-8,14H2,1-2H3. The molecule has 90 valence electrons. The van der Waals surface area contributed by atoms with Gasteiger partial charge in [-0.1, -0.05) is 6.92 Å². The Kier molecular flexibility index (Phi) is 3.66. The SMILES string of the molecule is CC1CCN(C(C)c2ccoc2)C(CN)C1. The van der Waals surface area contributed by atoms with Crippen molar-refractivity contribution < 1.29 is 4.42 Å². The van der Waals surface area contributed by atoms with Crippen LogP contribution in [0.5, 0.6) is 0 Å². The van der Waals surface area contributed by atoms with Crippen molar-refractivity contribution in [3.8, 4) is 0 Å². The van der Waals surface area contributed by atoms with Crippen molar-refractivity contribution in [1.82, 2.24) is 4.90 Å². The van der Waals surface area contributed by atoms with Crippen molar-refractivity contribution >= 4 is 0 Å². The molecule has 1 aromatic rings. The lowest BCUT2D eigenvalue weighted by Gasteiger charge is -2.41. The lowest BCUT2D eigenvalue weighted by atomic mass is 9.90. The van der Waals surface area contributed by atoms with Gasteiger partial charge in [0.15, 0.2) is 0 Å². The van der Waals surface area contributed by atoms with Crippen LogP contribution in [0.25, 0.3) is 0 Å². The van der Waals surface area contributed by atoms with Crippen molar-refractivity contribution in [2.45, 2.75) is 38.8 Å². The van der Waals surface area contributed by atoms with E-state index >= 15 is 0 Å². The van der Waals surface area contributed by atoms with Gasteiger partial charge < -0.3 is 10.2 Å². The minimum absolute atomic E-state index is 0.416. The summed E-state index contributed by atoms with van der Waals surface area (Å²) < 4.78 is 5.16. The predicted octanol–water partition coefficient (Wildman–Crippen LogP) is 2.40. The lowest BCUT2D eigenvalue weighted by Crippen LogP contribution is -2.47. The first-order chi connectivity index (χ1) is 7.72. The molecular formula is C13H22N2O. The molecule has 3 atom stereocenters. The molecule has 2 N–H and O–H groups in total. The monoisotopic (exact) mass is 222 g/mol. The molecule has 3 heteroatoms. The molecule has 0 saturated carbocycles. The number of furan rings is 1. The zero-order valence-corrected chi connectivity index (χ0v) is 10.2. The first kappa shape index (κ1) is 11.7. The summed E-state index contributed by atoms with van der Waals surface area (Å²) in [7, 11) is 0. The molecule has 0 spiro atoms. The third-order valence-electron chi connectivity index (χ3n) is 3.82. The van der Waals surface area contributed by atoms with Gasteiger partial charge in [0.25, 0.3) is 0 Å². The Morgan fingerprint density at radius 2 is 2.44 bits per heavy atom. The maximum absolute atomic E-state index is 5.88. The molecule has 1 aliphatic rings. The number of likely N-dealkylation sites (tertiary alicyclic amines) is 1. The zero-order chi connectivity index (χ0) is 11.5. The normalized spacial score (nSPS) is 29.2. The number of hydrogen-bond donors (Lipinski definition) is 1. The summed E-state index contributed by atoms with van der Waals surface area (Å²) in [5.74, 6) is 0.807. The third-order valence-corrected chi connectivity index (χ3v) is 3.82. The highest BCUT2D eigenvalue weighted by Gasteiger charge is 2.29. The van der Waals surface area contributed by atoms with Crippen molar-refractivity contribution in [3.63, 3.8) is 0 Å². The minimum Gasteiger partial charge on any atom is -0.472 e. The summed E-state index contributed by atoms with van der Waals surface area (Å²) in [4.78, 5) is 2.52. The summed E-state index contributed by atoms with van der Waals surface area (Å²) in [6, 6.07) is 2.99. The van der Waals surface area contributed by atoms with Crippen LogP contribution in [0.4, 0.5) is 0 Å². The second kappa shape index (κ2) is 5.02. The highest BCUT2D eigenvalue weighted by atomic mass is 16.3.